The molecule has 1 N–H and O–H groups in total. The molecule has 0 spiro atoms. The Hall–Kier alpha value is -0.900. The Morgan fingerprint density at radius 2 is 2.25 bits per heavy atom. The second-order valence-corrected chi connectivity index (χ2v) is 5.37. The number of aliphatic hydroxyl groups is 1. The number of aryl methyl sites for hydroxylation is 1. The summed E-state index contributed by atoms with van der Waals surface area (Å²) in [6.07, 6.45) is 5.38. The largest absolute Gasteiger partial charge is 0.389 e. The molecule has 4 nitrogen and oxygen atoms in total. The van der Waals surface area contributed by atoms with E-state index in [1.54, 1.807) is 11.0 Å². The SMILES string of the molecule is CC1CCC(C)C(O)(Cc2ncnn2C)C1. The van der Waals surface area contributed by atoms with E-state index in [2.05, 4.69) is 23.9 Å². The van der Waals surface area contributed by atoms with Gasteiger partial charge in [0.2, 0.25) is 0 Å². The topological polar surface area (TPSA) is 50.9 Å². The average molecular weight is 223 g/mol. The second kappa shape index (κ2) is 4.17. The Morgan fingerprint density at radius 1 is 1.50 bits per heavy atom. The molecule has 16 heavy (non-hydrogen) atoms. The fraction of sp³-hybridized carbons (Fsp3) is 0.833. The van der Waals surface area contributed by atoms with Gasteiger partial charge in [-0.2, -0.15) is 5.10 Å². The van der Waals surface area contributed by atoms with E-state index >= 15 is 0 Å². The van der Waals surface area contributed by atoms with Gasteiger partial charge in [0.05, 0.1) is 5.60 Å². The van der Waals surface area contributed by atoms with Crippen LogP contribution in [0.1, 0.15) is 38.9 Å². The molecule has 0 aromatic carbocycles. The lowest BCUT2D eigenvalue weighted by Gasteiger charge is -2.40. The van der Waals surface area contributed by atoms with Crippen LogP contribution in [0.3, 0.4) is 0 Å². The van der Waals surface area contributed by atoms with Gasteiger partial charge < -0.3 is 5.11 Å². The zero-order valence-corrected chi connectivity index (χ0v) is 10.3. The van der Waals surface area contributed by atoms with Crippen molar-refractivity contribution in [1.29, 1.82) is 0 Å². The molecule has 0 aliphatic heterocycles. The van der Waals surface area contributed by atoms with Crippen LogP contribution in [0.4, 0.5) is 0 Å². The predicted octanol–water partition coefficient (Wildman–Crippen LogP) is 1.54. The number of hydrogen-bond acceptors (Lipinski definition) is 3. The molecule has 1 aromatic heterocycles. The van der Waals surface area contributed by atoms with Crippen LogP contribution in [0.2, 0.25) is 0 Å². The molecule has 3 unspecified atom stereocenters. The molecule has 1 heterocycles. The summed E-state index contributed by atoms with van der Waals surface area (Å²) >= 11 is 0. The minimum Gasteiger partial charge on any atom is -0.389 e. The summed E-state index contributed by atoms with van der Waals surface area (Å²) in [5.74, 6) is 1.83. The normalized spacial score (nSPS) is 35.2. The maximum atomic E-state index is 10.7. The quantitative estimate of drug-likeness (QED) is 0.827. The summed E-state index contributed by atoms with van der Waals surface area (Å²) in [4.78, 5) is 4.21. The van der Waals surface area contributed by atoms with Crippen molar-refractivity contribution in [3.8, 4) is 0 Å². The second-order valence-electron chi connectivity index (χ2n) is 5.37. The zero-order valence-electron chi connectivity index (χ0n) is 10.3. The molecule has 1 aliphatic rings. The molecular formula is C12H21N3O. The number of rotatable bonds is 2. The Morgan fingerprint density at radius 3 is 2.88 bits per heavy atom. The third kappa shape index (κ3) is 2.12. The summed E-state index contributed by atoms with van der Waals surface area (Å²) in [7, 11) is 1.88. The third-order valence-corrected chi connectivity index (χ3v) is 3.98. The van der Waals surface area contributed by atoms with Crippen LogP contribution < -0.4 is 0 Å². The van der Waals surface area contributed by atoms with Gasteiger partial charge in [0, 0.05) is 13.5 Å². The monoisotopic (exact) mass is 223 g/mol. The standard InChI is InChI=1S/C12H21N3O/c1-9-4-5-10(2)12(16,6-9)7-11-13-8-14-15(11)3/h8-10,16H,4-7H2,1-3H3. The van der Waals surface area contributed by atoms with Gasteiger partial charge in [0.15, 0.2) is 0 Å². The minimum absolute atomic E-state index is 0.348. The number of nitrogens with zero attached hydrogens (tertiary/aromatic N) is 3. The van der Waals surface area contributed by atoms with Gasteiger partial charge >= 0.3 is 0 Å². The lowest BCUT2D eigenvalue weighted by molar-refractivity contribution is -0.0579. The van der Waals surface area contributed by atoms with Crippen molar-refractivity contribution < 1.29 is 5.11 Å². The molecule has 1 aromatic rings. The fourth-order valence-corrected chi connectivity index (χ4v) is 2.71. The first-order chi connectivity index (χ1) is 7.51. The lowest BCUT2D eigenvalue weighted by Crippen LogP contribution is -2.44. The third-order valence-electron chi connectivity index (χ3n) is 3.98. The first kappa shape index (κ1) is 11.6. The Labute approximate surface area is 96.7 Å². The summed E-state index contributed by atoms with van der Waals surface area (Å²) in [5.41, 5.74) is -0.599. The van der Waals surface area contributed by atoms with Crippen molar-refractivity contribution in [3.05, 3.63) is 12.2 Å². The molecular weight excluding hydrogens is 202 g/mol. The molecule has 4 heteroatoms. The van der Waals surface area contributed by atoms with Crippen LogP contribution in [-0.4, -0.2) is 25.5 Å². The Bertz CT molecular complexity index is 363. The van der Waals surface area contributed by atoms with E-state index in [9.17, 15) is 5.11 Å². The molecule has 0 radical (unpaired) electrons. The lowest BCUT2D eigenvalue weighted by atomic mass is 9.70. The van der Waals surface area contributed by atoms with Crippen molar-refractivity contribution in [1.82, 2.24) is 14.8 Å². The molecule has 1 fully saturated rings. The van der Waals surface area contributed by atoms with Gasteiger partial charge in [0.25, 0.3) is 0 Å². The van der Waals surface area contributed by atoms with Gasteiger partial charge in [-0.25, -0.2) is 4.98 Å². The highest BCUT2D eigenvalue weighted by Gasteiger charge is 2.39. The minimum atomic E-state index is -0.599. The molecule has 1 aliphatic carbocycles. The first-order valence-electron chi connectivity index (χ1n) is 6.06. The van der Waals surface area contributed by atoms with Gasteiger partial charge in [-0.15, -0.1) is 0 Å². The highest BCUT2D eigenvalue weighted by Crippen LogP contribution is 2.38. The van der Waals surface area contributed by atoms with Crippen molar-refractivity contribution in [2.45, 2.75) is 45.1 Å². The Balaban J connectivity index is 2.14. The van der Waals surface area contributed by atoms with Gasteiger partial charge in [-0.1, -0.05) is 20.3 Å². The molecule has 0 bridgehead atoms. The van der Waals surface area contributed by atoms with E-state index in [1.807, 2.05) is 7.05 Å². The van der Waals surface area contributed by atoms with E-state index in [4.69, 9.17) is 0 Å². The van der Waals surface area contributed by atoms with Crippen LogP contribution in [0.25, 0.3) is 0 Å². The summed E-state index contributed by atoms with van der Waals surface area (Å²) in [5, 5.41) is 14.8. The van der Waals surface area contributed by atoms with Gasteiger partial charge in [0.1, 0.15) is 12.2 Å². The summed E-state index contributed by atoms with van der Waals surface area (Å²) in [6.45, 7) is 4.36. The van der Waals surface area contributed by atoms with Crippen LogP contribution in [0.5, 0.6) is 0 Å². The highest BCUT2D eigenvalue weighted by atomic mass is 16.3. The molecule has 3 atom stereocenters. The number of aromatic nitrogens is 3. The van der Waals surface area contributed by atoms with Crippen molar-refractivity contribution in [2.24, 2.45) is 18.9 Å². The smallest absolute Gasteiger partial charge is 0.138 e. The molecule has 0 amide bonds. The van der Waals surface area contributed by atoms with Crippen LogP contribution in [0.15, 0.2) is 6.33 Å². The van der Waals surface area contributed by atoms with Crippen molar-refractivity contribution in [2.75, 3.05) is 0 Å². The Kier molecular flexibility index (Phi) is 3.02. The van der Waals surface area contributed by atoms with Crippen molar-refractivity contribution in [3.63, 3.8) is 0 Å². The summed E-state index contributed by atoms with van der Waals surface area (Å²) in [6, 6.07) is 0. The molecule has 2 rings (SSSR count). The van der Waals surface area contributed by atoms with Crippen LogP contribution in [0, 0.1) is 11.8 Å². The van der Waals surface area contributed by atoms with Gasteiger partial charge in [-0.3, -0.25) is 4.68 Å². The number of hydrogen-bond donors (Lipinski definition) is 1. The van der Waals surface area contributed by atoms with E-state index < -0.39 is 5.60 Å². The van der Waals surface area contributed by atoms with E-state index in [1.165, 1.54) is 6.42 Å². The predicted molar refractivity (Wildman–Crippen MR) is 61.8 cm³/mol. The van der Waals surface area contributed by atoms with E-state index in [0.29, 0.717) is 18.3 Å². The average Bonchev–Trinajstić information content (AvgIpc) is 2.59. The maximum Gasteiger partial charge on any atom is 0.138 e. The molecule has 90 valence electrons. The van der Waals surface area contributed by atoms with Crippen LogP contribution >= 0.6 is 0 Å². The van der Waals surface area contributed by atoms with E-state index in [0.717, 1.165) is 18.7 Å². The van der Waals surface area contributed by atoms with Crippen molar-refractivity contribution >= 4 is 0 Å². The first-order valence-corrected chi connectivity index (χ1v) is 6.06. The van der Waals surface area contributed by atoms with Crippen LogP contribution in [-0.2, 0) is 13.5 Å². The summed E-state index contributed by atoms with van der Waals surface area (Å²) < 4.78 is 1.75. The highest BCUT2D eigenvalue weighted by molar-refractivity contribution is 4.99. The maximum absolute atomic E-state index is 10.7. The zero-order chi connectivity index (χ0) is 11.8. The van der Waals surface area contributed by atoms with Gasteiger partial charge in [-0.05, 0) is 24.7 Å². The molecule has 0 saturated heterocycles. The van der Waals surface area contributed by atoms with E-state index in [-0.39, 0.29) is 0 Å². The fourth-order valence-electron chi connectivity index (χ4n) is 2.71. The molecule has 1 saturated carbocycles.